The highest BCUT2D eigenvalue weighted by atomic mass is 14.9. The highest BCUT2D eigenvalue weighted by Gasteiger charge is 2.07. The lowest BCUT2D eigenvalue weighted by molar-refractivity contribution is 0.577. The summed E-state index contributed by atoms with van der Waals surface area (Å²) >= 11 is 0. The van der Waals surface area contributed by atoms with Gasteiger partial charge in [0, 0.05) is 17.1 Å². The molecule has 1 N–H and O–H groups in total. The van der Waals surface area contributed by atoms with Gasteiger partial charge in [-0.15, -0.1) is 0 Å². The van der Waals surface area contributed by atoms with Crippen molar-refractivity contribution >= 4 is 10.9 Å². The summed E-state index contributed by atoms with van der Waals surface area (Å²) in [5.74, 6) is 0. The molecule has 1 aromatic carbocycles. The molecule has 0 fully saturated rings. The van der Waals surface area contributed by atoms with Gasteiger partial charge in [0.25, 0.3) is 0 Å². The summed E-state index contributed by atoms with van der Waals surface area (Å²) in [5.41, 5.74) is 3.48. The molecule has 16 heavy (non-hydrogen) atoms. The average molecular weight is 214 g/mol. The molecule has 0 saturated heterocycles. The third-order valence-electron chi connectivity index (χ3n) is 3.01. The topological polar surface area (TPSA) is 24.9 Å². The zero-order valence-corrected chi connectivity index (χ0v) is 10.1. The number of fused-ring (bicyclic) bond motifs is 1. The van der Waals surface area contributed by atoms with Gasteiger partial charge in [-0.3, -0.25) is 4.98 Å². The first-order valence-electron chi connectivity index (χ1n) is 5.79. The second-order valence-electron chi connectivity index (χ2n) is 4.15. The highest BCUT2D eigenvalue weighted by molar-refractivity contribution is 5.79. The van der Waals surface area contributed by atoms with Crippen LogP contribution in [0.15, 0.2) is 30.3 Å². The number of hydrogen-bond donors (Lipinski definition) is 1. The third-order valence-corrected chi connectivity index (χ3v) is 3.01. The predicted octanol–water partition coefficient (Wildman–Crippen LogP) is 3.21. The fourth-order valence-electron chi connectivity index (χ4n) is 2.07. The van der Waals surface area contributed by atoms with Crippen molar-refractivity contribution in [2.45, 2.75) is 26.3 Å². The fourth-order valence-corrected chi connectivity index (χ4v) is 2.07. The molecule has 0 aliphatic carbocycles. The molecule has 0 aliphatic rings. The van der Waals surface area contributed by atoms with Crippen LogP contribution in [0.2, 0.25) is 0 Å². The summed E-state index contributed by atoms with van der Waals surface area (Å²) < 4.78 is 0. The maximum atomic E-state index is 4.51. The zero-order valence-electron chi connectivity index (χ0n) is 10.1. The van der Waals surface area contributed by atoms with E-state index in [1.54, 1.807) is 0 Å². The molecule has 84 valence electrons. The van der Waals surface area contributed by atoms with Gasteiger partial charge in [0.05, 0.1) is 5.52 Å². The van der Waals surface area contributed by atoms with E-state index in [9.17, 15) is 0 Å². The normalized spacial score (nSPS) is 12.9. The Hall–Kier alpha value is -1.41. The van der Waals surface area contributed by atoms with Crippen LogP contribution in [0, 0.1) is 6.92 Å². The van der Waals surface area contributed by atoms with Gasteiger partial charge in [0.15, 0.2) is 0 Å². The second-order valence-corrected chi connectivity index (χ2v) is 4.15. The van der Waals surface area contributed by atoms with E-state index >= 15 is 0 Å². The van der Waals surface area contributed by atoms with Crippen molar-refractivity contribution in [2.24, 2.45) is 0 Å². The maximum absolute atomic E-state index is 4.51. The van der Waals surface area contributed by atoms with Gasteiger partial charge < -0.3 is 5.32 Å². The van der Waals surface area contributed by atoms with E-state index in [0.29, 0.717) is 6.04 Å². The Balaban J connectivity index is 2.47. The molecule has 0 bridgehead atoms. The zero-order chi connectivity index (χ0) is 11.5. The van der Waals surface area contributed by atoms with Crippen molar-refractivity contribution in [1.82, 2.24) is 10.3 Å². The number of nitrogens with zero attached hydrogens (tertiary/aromatic N) is 1. The minimum Gasteiger partial charge on any atom is -0.313 e. The smallest absolute Gasteiger partial charge is 0.0705 e. The van der Waals surface area contributed by atoms with Gasteiger partial charge in [-0.1, -0.05) is 19.1 Å². The van der Waals surface area contributed by atoms with E-state index < -0.39 is 0 Å². The molecule has 0 radical (unpaired) electrons. The van der Waals surface area contributed by atoms with Crippen LogP contribution in [-0.4, -0.2) is 12.0 Å². The van der Waals surface area contributed by atoms with E-state index in [-0.39, 0.29) is 0 Å². The van der Waals surface area contributed by atoms with Crippen LogP contribution in [0.1, 0.15) is 30.6 Å². The Bertz CT molecular complexity index is 487. The van der Waals surface area contributed by atoms with Crippen LogP contribution < -0.4 is 5.32 Å². The number of benzene rings is 1. The van der Waals surface area contributed by atoms with Gasteiger partial charge in [0.2, 0.25) is 0 Å². The molecule has 2 rings (SSSR count). The van der Waals surface area contributed by atoms with Crippen LogP contribution in [0.5, 0.6) is 0 Å². The van der Waals surface area contributed by atoms with Gasteiger partial charge in [0.1, 0.15) is 0 Å². The molecule has 2 aromatic rings. The Morgan fingerprint density at radius 1 is 1.25 bits per heavy atom. The molecular formula is C14H18N2. The van der Waals surface area contributed by atoms with E-state index in [4.69, 9.17) is 0 Å². The Morgan fingerprint density at radius 2 is 2.06 bits per heavy atom. The minimum absolute atomic E-state index is 0.436. The molecule has 0 amide bonds. The number of aromatic nitrogens is 1. The lowest BCUT2D eigenvalue weighted by Crippen LogP contribution is -2.14. The van der Waals surface area contributed by atoms with Crippen molar-refractivity contribution in [3.63, 3.8) is 0 Å². The third kappa shape index (κ3) is 2.07. The maximum Gasteiger partial charge on any atom is 0.0705 e. The number of aryl methyl sites for hydroxylation is 1. The van der Waals surface area contributed by atoms with E-state index in [2.05, 4.69) is 47.6 Å². The summed E-state index contributed by atoms with van der Waals surface area (Å²) in [6.45, 7) is 4.22. The molecule has 1 atom stereocenters. The molecule has 2 heteroatoms. The first-order chi connectivity index (χ1) is 7.74. The van der Waals surface area contributed by atoms with Gasteiger partial charge in [-0.25, -0.2) is 0 Å². The van der Waals surface area contributed by atoms with Crippen LogP contribution in [-0.2, 0) is 0 Å². The van der Waals surface area contributed by atoms with Crippen LogP contribution in [0.3, 0.4) is 0 Å². The summed E-state index contributed by atoms with van der Waals surface area (Å²) in [5, 5.41) is 4.54. The van der Waals surface area contributed by atoms with Crippen molar-refractivity contribution in [3.8, 4) is 0 Å². The summed E-state index contributed by atoms with van der Waals surface area (Å²) in [7, 11) is 2.01. The standard InChI is InChI=1S/C14H18N2/c1-4-13(15-3)11-7-8-14-12(9-11)6-5-10(2)16-14/h5-9,13,15H,4H2,1-3H3. The number of nitrogens with one attached hydrogen (secondary N) is 1. The highest BCUT2D eigenvalue weighted by Crippen LogP contribution is 2.21. The lowest BCUT2D eigenvalue weighted by atomic mass is 10.0. The SMILES string of the molecule is CCC(NC)c1ccc2nc(C)ccc2c1. The monoisotopic (exact) mass is 214 g/mol. The second kappa shape index (κ2) is 4.62. The Morgan fingerprint density at radius 3 is 2.75 bits per heavy atom. The summed E-state index contributed by atoms with van der Waals surface area (Å²) in [6.07, 6.45) is 1.10. The average Bonchev–Trinajstić information content (AvgIpc) is 2.31. The summed E-state index contributed by atoms with van der Waals surface area (Å²) in [6, 6.07) is 11.1. The van der Waals surface area contributed by atoms with Gasteiger partial charge in [-0.2, -0.15) is 0 Å². The fraction of sp³-hybridized carbons (Fsp3) is 0.357. The number of rotatable bonds is 3. The van der Waals surface area contributed by atoms with Crippen molar-refractivity contribution in [1.29, 1.82) is 0 Å². The molecule has 1 heterocycles. The van der Waals surface area contributed by atoms with E-state index in [1.165, 1.54) is 10.9 Å². The van der Waals surface area contributed by atoms with Gasteiger partial charge >= 0.3 is 0 Å². The predicted molar refractivity (Wildman–Crippen MR) is 68.6 cm³/mol. The Labute approximate surface area is 96.7 Å². The first kappa shape index (κ1) is 11.1. The molecular weight excluding hydrogens is 196 g/mol. The van der Waals surface area contributed by atoms with Crippen LogP contribution >= 0.6 is 0 Å². The summed E-state index contributed by atoms with van der Waals surface area (Å²) in [4.78, 5) is 4.51. The van der Waals surface area contributed by atoms with E-state index in [1.807, 2.05) is 14.0 Å². The van der Waals surface area contributed by atoms with Crippen molar-refractivity contribution in [3.05, 3.63) is 41.6 Å². The van der Waals surface area contributed by atoms with Crippen LogP contribution in [0.25, 0.3) is 10.9 Å². The molecule has 0 spiro atoms. The minimum atomic E-state index is 0.436. The quantitative estimate of drug-likeness (QED) is 0.848. The Kier molecular flexibility index (Phi) is 3.20. The van der Waals surface area contributed by atoms with Crippen LogP contribution in [0.4, 0.5) is 0 Å². The van der Waals surface area contributed by atoms with Gasteiger partial charge in [-0.05, 0) is 44.2 Å². The van der Waals surface area contributed by atoms with Crippen molar-refractivity contribution in [2.75, 3.05) is 7.05 Å². The molecule has 2 nitrogen and oxygen atoms in total. The number of hydrogen-bond acceptors (Lipinski definition) is 2. The molecule has 1 unspecified atom stereocenters. The first-order valence-corrected chi connectivity index (χ1v) is 5.79. The lowest BCUT2D eigenvalue weighted by Gasteiger charge is -2.14. The number of pyridine rings is 1. The molecule has 1 aromatic heterocycles. The molecule has 0 aliphatic heterocycles. The molecule has 0 saturated carbocycles. The van der Waals surface area contributed by atoms with E-state index in [0.717, 1.165) is 17.6 Å². The largest absolute Gasteiger partial charge is 0.313 e. The van der Waals surface area contributed by atoms with Crippen molar-refractivity contribution < 1.29 is 0 Å².